The Labute approximate surface area is 167 Å². The highest BCUT2D eigenvalue weighted by molar-refractivity contribution is 9.10. The third-order valence-corrected chi connectivity index (χ3v) is 4.56. The molecule has 0 aliphatic carbocycles. The van der Waals surface area contributed by atoms with E-state index in [0.29, 0.717) is 16.9 Å². The van der Waals surface area contributed by atoms with E-state index in [1.54, 1.807) is 12.1 Å². The topological polar surface area (TPSA) is 114 Å². The number of aromatic hydroxyl groups is 1. The van der Waals surface area contributed by atoms with Crippen LogP contribution in [0.2, 0.25) is 0 Å². The Morgan fingerprint density at radius 3 is 2.57 bits per heavy atom. The van der Waals surface area contributed by atoms with Gasteiger partial charge in [-0.1, -0.05) is 24.3 Å². The zero-order valence-corrected chi connectivity index (χ0v) is 16.1. The lowest BCUT2D eigenvalue weighted by Crippen LogP contribution is -2.18. The number of methoxy groups -OCH3 is 1. The number of nitro groups is 1. The van der Waals surface area contributed by atoms with Crippen molar-refractivity contribution in [1.29, 1.82) is 0 Å². The first-order valence-electron chi connectivity index (χ1n) is 7.98. The molecule has 0 spiro atoms. The number of hydrogen-bond donors (Lipinski definition) is 2. The molecule has 0 bridgehead atoms. The van der Waals surface area contributed by atoms with Crippen molar-refractivity contribution in [2.45, 2.75) is 0 Å². The number of rotatable bonds is 5. The minimum absolute atomic E-state index is 0.144. The van der Waals surface area contributed by atoms with Gasteiger partial charge >= 0.3 is 5.69 Å². The van der Waals surface area contributed by atoms with Crippen LogP contribution in [-0.4, -0.2) is 29.3 Å². The van der Waals surface area contributed by atoms with Gasteiger partial charge < -0.3 is 9.84 Å². The average molecular weight is 444 g/mol. The largest absolute Gasteiger partial charge is 0.501 e. The van der Waals surface area contributed by atoms with E-state index in [-0.39, 0.29) is 4.47 Å². The lowest BCUT2D eigenvalue weighted by atomic mass is 10.1. The Morgan fingerprint density at radius 2 is 1.93 bits per heavy atom. The number of benzene rings is 3. The highest BCUT2D eigenvalue weighted by atomic mass is 79.9. The second-order valence-electron chi connectivity index (χ2n) is 5.73. The molecule has 8 nitrogen and oxygen atoms in total. The molecule has 0 atom stereocenters. The number of nitrogens with one attached hydrogen (secondary N) is 1. The van der Waals surface area contributed by atoms with Gasteiger partial charge in [0.2, 0.25) is 5.75 Å². The molecule has 0 heterocycles. The summed E-state index contributed by atoms with van der Waals surface area (Å²) in [6.45, 7) is 0. The fourth-order valence-electron chi connectivity index (χ4n) is 2.61. The van der Waals surface area contributed by atoms with Gasteiger partial charge in [0.1, 0.15) is 5.75 Å². The molecule has 0 aliphatic heterocycles. The fraction of sp³-hybridized carbons (Fsp3) is 0.0526. The van der Waals surface area contributed by atoms with Gasteiger partial charge in [-0.3, -0.25) is 14.9 Å². The Morgan fingerprint density at radius 1 is 1.25 bits per heavy atom. The maximum absolute atomic E-state index is 12.5. The summed E-state index contributed by atoms with van der Waals surface area (Å²) in [5.41, 5.74) is 2.52. The first-order chi connectivity index (χ1) is 13.4. The predicted octanol–water partition coefficient (Wildman–Crippen LogP) is 3.99. The molecule has 2 N–H and O–H groups in total. The van der Waals surface area contributed by atoms with Crippen LogP contribution < -0.4 is 10.2 Å². The van der Waals surface area contributed by atoms with Gasteiger partial charge in [-0.2, -0.15) is 5.10 Å². The summed E-state index contributed by atoms with van der Waals surface area (Å²) in [7, 11) is 1.47. The van der Waals surface area contributed by atoms with E-state index in [1.807, 2.05) is 24.3 Å². The molecule has 0 radical (unpaired) electrons. The van der Waals surface area contributed by atoms with E-state index in [2.05, 4.69) is 26.5 Å². The molecule has 28 heavy (non-hydrogen) atoms. The molecular weight excluding hydrogens is 430 g/mol. The number of carbonyl (C=O) groups excluding carboxylic acids is 1. The molecule has 3 rings (SSSR count). The van der Waals surface area contributed by atoms with E-state index >= 15 is 0 Å². The molecule has 0 aliphatic rings. The van der Waals surface area contributed by atoms with Gasteiger partial charge in [-0.15, -0.1) is 0 Å². The number of phenolic OH excluding ortho intramolecular Hbond substituents is 1. The number of nitrogens with zero attached hydrogens (tertiary/aromatic N) is 2. The predicted molar refractivity (Wildman–Crippen MR) is 108 cm³/mol. The van der Waals surface area contributed by atoms with Crippen molar-refractivity contribution in [2.24, 2.45) is 5.10 Å². The minimum Gasteiger partial charge on any atom is -0.501 e. The summed E-state index contributed by atoms with van der Waals surface area (Å²) in [5, 5.41) is 26.3. The third kappa shape index (κ3) is 3.94. The smallest absolute Gasteiger partial charge is 0.312 e. The second kappa shape index (κ2) is 8.05. The number of hydrazone groups is 1. The van der Waals surface area contributed by atoms with Crippen LogP contribution in [0.4, 0.5) is 5.69 Å². The quantitative estimate of drug-likeness (QED) is 0.351. The molecule has 9 heteroatoms. The average Bonchev–Trinajstić information content (AvgIpc) is 2.69. The molecule has 0 unspecified atom stereocenters. The first-order valence-corrected chi connectivity index (χ1v) is 8.77. The van der Waals surface area contributed by atoms with E-state index in [1.165, 1.54) is 19.4 Å². The monoisotopic (exact) mass is 443 g/mol. The summed E-state index contributed by atoms with van der Waals surface area (Å²) >= 11 is 3.04. The van der Waals surface area contributed by atoms with Crippen LogP contribution >= 0.6 is 15.9 Å². The number of carbonyl (C=O) groups is 1. The van der Waals surface area contributed by atoms with Crippen LogP contribution in [-0.2, 0) is 0 Å². The van der Waals surface area contributed by atoms with Crippen LogP contribution in [0.1, 0.15) is 15.9 Å². The molecule has 0 saturated carbocycles. The van der Waals surface area contributed by atoms with Crippen molar-refractivity contribution >= 4 is 44.5 Å². The maximum Gasteiger partial charge on any atom is 0.312 e. The van der Waals surface area contributed by atoms with Crippen molar-refractivity contribution in [2.75, 3.05) is 7.11 Å². The number of ether oxygens (including phenoxy) is 1. The number of halogens is 1. The van der Waals surface area contributed by atoms with Gasteiger partial charge in [0.25, 0.3) is 5.91 Å². The Kier molecular flexibility index (Phi) is 5.55. The molecule has 1 amide bonds. The minimum atomic E-state index is -0.712. The van der Waals surface area contributed by atoms with Gasteiger partial charge in [-0.05, 0) is 44.9 Å². The standard InChI is InChI=1S/C19H14BrN3O5/c1-28-17-9-13-5-3-2-4-12(13)8-14(17)19(25)22-21-10-11-6-15(20)18(24)16(7-11)23(26)27/h2-10,24H,1H3,(H,22,25). The normalized spacial score (nSPS) is 10.9. The highest BCUT2D eigenvalue weighted by Crippen LogP contribution is 2.34. The van der Waals surface area contributed by atoms with Crippen LogP contribution in [0.5, 0.6) is 11.5 Å². The Bertz CT molecular complexity index is 1110. The zero-order chi connectivity index (χ0) is 20.3. The van der Waals surface area contributed by atoms with Crippen molar-refractivity contribution in [1.82, 2.24) is 5.43 Å². The van der Waals surface area contributed by atoms with Crippen molar-refractivity contribution in [3.8, 4) is 11.5 Å². The number of fused-ring (bicyclic) bond motifs is 1. The summed E-state index contributed by atoms with van der Waals surface area (Å²) in [6, 6.07) is 13.6. The number of hydrogen-bond acceptors (Lipinski definition) is 6. The SMILES string of the molecule is COc1cc2ccccc2cc1C(=O)NN=Cc1cc(Br)c(O)c([N+](=O)[O-])c1. The maximum atomic E-state index is 12.5. The van der Waals surface area contributed by atoms with Gasteiger partial charge in [0.15, 0.2) is 0 Å². The van der Waals surface area contributed by atoms with E-state index in [9.17, 15) is 20.0 Å². The molecule has 142 valence electrons. The Balaban J connectivity index is 1.84. The fourth-order valence-corrected chi connectivity index (χ4v) is 3.08. The summed E-state index contributed by atoms with van der Waals surface area (Å²) < 4.78 is 5.43. The van der Waals surface area contributed by atoms with E-state index in [0.717, 1.165) is 16.8 Å². The Hall–Kier alpha value is -3.46. The summed E-state index contributed by atoms with van der Waals surface area (Å²) in [5.74, 6) is -0.576. The van der Waals surface area contributed by atoms with Crippen LogP contribution in [0.15, 0.2) is 58.1 Å². The molecule has 3 aromatic rings. The van der Waals surface area contributed by atoms with Crippen LogP contribution in [0, 0.1) is 10.1 Å². The van der Waals surface area contributed by atoms with Crippen molar-refractivity contribution in [3.05, 3.63) is 74.2 Å². The molecule has 3 aromatic carbocycles. The van der Waals surface area contributed by atoms with Crippen LogP contribution in [0.3, 0.4) is 0 Å². The summed E-state index contributed by atoms with van der Waals surface area (Å²) in [4.78, 5) is 22.7. The molecule has 0 saturated heterocycles. The third-order valence-electron chi connectivity index (χ3n) is 3.95. The zero-order valence-electron chi connectivity index (χ0n) is 14.5. The van der Waals surface area contributed by atoms with Crippen molar-refractivity contribution < 1.29 is 19.6 Å². The van der Waals surface area contributed by atoms with Crippen LogP contribution in [0.25, 0.3) is 10.8 Å². The van der Waals surface area contributed by atoms with Crippen molar-refractivity contribution in [3.63, 3.8) is 0 Å². The number of amides is 1. The molecule has 0 fully saturated rings. The van der Waals surface area contributed by atoms with Gasteiger partial charge in [0, 0.05) is 11.6 Å². The number of nitro benzene ring substituents is 1. The van der Waals surface area contributed by atoms with E-state index < -0.39 is 22.3 Å². The molecular formula is C19H14BrN3O5. The first kappa shape index (κ1) is 19.3. The molecule has 0 aromatic heterocycles. The lowest BCUT2D eigenvalue weighted by Gasteiger charge is -2.09. The second-order valence-corrected chi connectivity index (χ2v) is 6.58. The highest BCUT2D eigenvalue weighted by Gasteiger charge is 2.17. The van der Waals surface area contributed by atoms with E-state index in [4.69, 9.17) is 4.74 Å². The van der Waals surface area contributed by atoms with Gasteiger partial charge in [-0.25, -0.2) is 5.43 Å². The van der Waals surface area contributed by atoms with Gasteiger partial charge in [0.05, 0.1) is 28.3 Å². The summed E-state index contributed by atoms with van der Waals surface area (Å²) in [6.07, 6.45) is 1.24. The number of phenols is 1. The lowest BCUT2D eigenvalue weighted by molar-refractivity contribution is -0.386.